The van der Waals surface area contributed by atoms with Crippen LogP contribution < -0.4 is 10.5 Å². The van der Waals surface area contributed by atoms with E-state index in [9.17, 15) is 9.59 Å². The van der Waals surface area contributed by atoms with Gasteiger partial charge in [-0.05, 0) is 5.56 Å². The van der Waals surface area contributed by atoms with Crippen molar-refractivity contribution < 1.29 is 4.79 Å². The van der Waals surface area contributed by atoms with E-state index in [1.54, 1.807) is 0 Å². The van der Waals surface area contributed by atoms with E-state index in [1.165, 1.54) is 22.6 Å². The van der Waals surface area contributed by atoms with Gasteiger partial charge in [-0.2, -0.15) is 0 Å². The summed E-state index contributed by atoms with van der Waals surface area (Å²) in [5.41, 5.74) is 0.561. The molecule has 0 bridgehead atoms. The standard InChI is InChI=1S/C17H16ClN3O2/c1-3-4-10-21(13(2)22)16-17(23)20(12-15(18)19-16)11-14-8-6-5-7-9-14/h1,5-9,12H,4,10-11H2,2H3. The number of terminal acetylenes is 1. The van der Waals surface area contributed by atoms with Crippen molar-refractivity contribution in [3.05, 3.63) is 57.6 Å². The Kier molecular flexibility index (Phi) is 5.56. The van der Waals surface area contributed by atoms with Crippen LogP contribution in [0.4, 0.5) is 5.82 Å². The zero-order valence-electron chi connectivity index (χ0n) is 12.7. The highest BCUT2D eigenvalue weighted by Crippen LogP contribution is 2.12. The quantitative estimate of drug-likeness (QED) is 0.791. The Balaban J connectivity index is 2.43. The molecule has 0 radical (unpaired) electrons. The predicted molar refractivity (Wildman–Crippen MR) is 90.5 cm³/mol. The molecule has 6 heteroatoms. The van der Waals surface area contributed by atoms with E-state index in [-0.39, 0.29) is 29.0 Å². The minimum absolute atomic E-state index is 0.00354. The third-order valence-corrected chi connectivity index (χ3v) is 3.42. The second kappa shape index (κ2) is 7.61. The molecular weight excluding hydrogens is 314 g/mol. The van der Waals surface area contributed by atoms with Gasteiger partial charge in [0.15, 0.2) is 0 Å². The number of benzene rings is 1. The van der Waals surface area contributed by atoms with E-state index >= 15 is 0 Å². The highest BCUT2D eigenvalue weighted by atomic mass is 35.5. The average molecular weight is 330 g/mol. The molecule has 0 spiro atoms. The third kappa shape index (κ3) is 4.21. The normalized spacial score (nSPS) is 10.1. The molecular formula is C17H16ClN3O2. The van der Waals surface area contributed by atoms with E-state index < -0.39 is 0 Å². The van der Waals surface area contributed by atoms with Crippen LogP contribution in [0.3, 0.4) is 0 Å². The number of halogens is 1. The lowest BCUT2D eigenvalue weighted by molar-refractivity contribution is -0.116. The molecule has 0 saturated carbocycles. The summed E-state index contributed by atoms with van der Waals surface area (Å²) in [6.07, 6.45) is 7.02. The van der Waals surface area contributed by atoms with Gasteiger partial charge < -0.3 is 4.57 Å². The fourth-order valence-electron chi connectivity index (χ4n) is 2.16. The Morgan fingerprint density at radius 2 is 2.09 bits per heavy atom. The molecule has 1 aromatic carbocycles. The fraction of sp³-hybridized carbons (Fsp3) is 0.235. The van der Waals surface area contributed by atoms with Crippen LogP contribution in [-0.2, 0) is 11.3 Å². The summed E-state index contributed by atoms with van der Waals surface area (Å²) in [6, 6.07) is 9.48. The lowest BCUT2D eigenvalue weighted by Crippen LogP contribution is -2.37. The molecule has 1 aromatic heterocycles. The summed E-state index contributed by atoms with van der Waals surface area (Å²) >= 11 is 6.02. The van der Waals surface area contributed by atoms with Crippen molar-refractivity contribution in [2.45, 2.75) is 19.9 Å². The van der Waals surface area contributed by atoms with Crippen LogP contribution >= 0.6 is 11.6 Å². The Labute approximate surface area is 139 Å². The van der Waals surface area contributed by atoms with Crippen molar-refractivity contribution in [3.63, 3.8) is 0 Å². The molecule has 0 N–H and O–H groups in total. The SMILES string of the molecule is C#CCCN(C(C)=O)c1nc(Cl)cn(Cc2ccccc2)c1=O. The van der Waals surface area contributed by atoms with Crippen LogP contribution in [0.2, 0.25) is 5.15 Å². The molecule has 0 fully saturated rings. The van der Waals surface area contributed by atoms with Crippen molar-refractivity contribution in [1.82, 2.24) is 9.55 Å². The minimum atomic E-state index is -0.384. The maximum absolute atomic E-state index is 12.6. The molecule has 1 heterocycles. The lowest BCUT2D eigenvalue weighted by Gasteiger charge is -2.19. The van der Waals surface area contributed by atoms with Gasteiger partial charge in [0.05, 0.1) is 6.54 Å². The number of hydrogen-bond donors (Lipinski definition) is 0. The first-order valence-electron chi connectivity index (χ1n) is 7.05. The van der Waals surface area contributed by atoms with Crippen LogP contribution in [0.5, 0.6) is 0 Å². The van der Waals surface area contributed by atoms with Gasteiger partial charge in [-0.25, -0.2) is 4.98 Å². The molecule has 23 heavy (non-hydrogen) atoms. The number of nitrogens with zero attached hydrogens (tertiary/aromatic N) is 3. The number of hydrogen-bond acceptors (Lipinski definition) is 3. The number of amides is 1. The first kappa shape index (κ1) is 16.8. The Morgan fingerprint density at radius 3 is 2.70 bits per heavy atom. The second-order valence-corrected chi connectivity index (χ2v) is 5.32. The van der Waals surface area contributed by atoms with Gasteiger partial charge in [-0.1, -0.05) is 41.9 Å². The smallest absolute Gasteiger partial charge is 0.294 e. The monoisotopic (exact) mass is 329 g/mol. The largest absolute Gasteiger partial charge is 0.305 e. The maximum atomic E-state index is 12.6. The fourth-order valence-corrected chi connectivity index (χ4v) is 2.35. The van der Waals surface area contributed by atoms with Crippen LogP contribution in [0.15, 0.2) is 41.3 Å². The zero-order chi connectivity index (χ0) is 16.8. The molecule has 0 aliphatic rings. The minimum Gasteiger partial charge on any atom is -0.305 e. The molecule has 2 aromatic rings. The molecule has 0 unspecified atom stereocenters. The number of carbonyl (C=O) groups excluding carboxylic acids is 1. The summed E-state index contributed by atoms with van der Waals surface area (Å²) in [7, 11) is 0. The third-order valence-electron chi connectivity index (χ3n) is 3.24. The lowest BCUT2D eigenvalue weighted by atomic mass is 10.2. The van der Waals surface area contributed by atoms with E-state index in [2.05, 4.69) is 10.9 Å². The van der Waals surface area contributed by atoms with Crippen LogP contribution in [0, 0.1) is 12.3 Å². The molecule has 2 rings (SSSR count). The zero-order valence-corrected chi connectivity index (χ0v) is 13.5. The van der Waals surface area contributed by atoms with Crippen molar-refractivity contribution in [2.75, 3.05) is 11.4 Å². The summed E-state index contributed by atoms with van der Waals surface area (Å²) < 4.78 is 1.44. The van der Waals surface area contributed by atoms with Crippen molar-refractivity contribution in [3.8, 4) is 12.3 Å². The molecule has 0 saturated heterocycles. The summed E-state index contributed by atoms with van der Waals surface area (Å²) in [5, 5.41) is 0.141. The van der Waals surface area contributed by atoms with E-state index in [0.29, 0.717) is 13.0 Å². The predicted octanol–water partition coefficient (Wildman–Crippen LogP) is 2.32. The molecule has 5 nitrogen and oxygen atoms in total. The first-order valence-corrected chi connectivity index (χ1v) is 7.43. The Bertz CT molecular complexity index is 794. The van der Waals surface area contributed by atoms with Crippen LogP contribution in [-0.4, -0.2) is 22.0 Å². The van der Waals surface area contributed by atoms with Crippen molar-refractivity contribution >= 4 is 23.3 Å². The van der Waals surface area contributed by atoms with Gasteiger partial charge in [0.25, 0.3) is 5.56 Å². The molecule has 0 aliphatic heterocycles. The van der Waals surface area contributed by atoms with Gasteiger partial charge in [-0.3, -0.25) is 14.5 Å². The van der Waals surface area contributed by atoms with Gasteiger partial charge in [-0.15, -0.1) is 12.3 Å². The average Bonchev–Trinajstić information content (AvgIpc) is 2.52. The number of aromatic nitrogens is 2. The molecule has 1 amide bonds. The van der Waals surface area contributed by atoms with E-state index in [1.807, 2.05) is 30.3 Å². The second-order valence-electron chi connectivity index (χ2n) is 4.93. The van der Waals surface area contributed by atoms with Gasteiger partial charge in [0.2, 0.25) is 11.7 Å². The summed E-state index contributed by atoms with van der Waals surface area (Å²) in [4.78, 5) is 29.7. The number of carbonyl (C=O) groups is 1. The Hall–Kier alpha value is -2.58. The highest BCUT2D eigenvalue weighted by molar-refractivity contribution is 6.29. The van der Waals surface area contributed by atoms with Crippen molar-refractivity contribution in [1.29, 1.82) is 0 Å². The topological polar surface area (TPSA) is 55.2 Å². The number of anilines is 1. The Morgan fingerprint density at radius 1 is 1.39 bits per heavy atom. The van der Waals surface area contributed by atoms with Crippen molar-refractivity contribution in [2.24, 2.45) is 0 Å². The van der Waals surface area contributed by atoms with E-state index in [0.717, 1.165) is 5.56 Å². The molecule has 0 aliphatic carbocycles. The van der Waals surface area contributed by atoms with Gasteiger partial charge >= 0.3 is 0 Å². The summed E-state index contributed by atoms with van der Waals surface area (Å²) in [6.45, 7) is 1.93. The maximum Gasteiger partial charge on any atom is 0.294 e. The molecule has 118 valence electrons. The van der Waals surface area contributed by atoms with Crippen LogP contribution in [0.25, 0.3) is 0 Å². The van der Waals surface area contributed by atoms with E-state index in [4.69, 9.17) is 18.0 Å². The highest BCUT2D eigenvalue weighted by Gasteiger charge is 2.18. The van der Waals surface area contributed by atoms with Crippen LogP contribution in [0.1, 0.15) is 18.9 Å². The summed E-state index contributed by atoms with van der Waals surface area (Å²) in [5.74, 6) is 2.14. The first-order chi connectivity index (χ1) is 11.0. The molecule has 0 atom stereocenters. The van der Waals surface area contributed by atoms with Gasteiger partial charge in [0, 0.05) is 26.1 Å². The number of rotatable bonds is 5. The van der Waals surface area contributed by atoms with Gasteiger partial charge in [0.1, 0.15) is 5.15 Å².